The van der Waals surface area contributed by atoms with Crippen LogP contribution in [-0.4, -0.2) is 0 Å². The molecule has 0 aromatic heterocycles. The van der Waals surface area contributed by atoms with Gasteiger partial charge in [-0.1, -0.05) is 116 Å². The maximum absolute atomic E-state index is 2.45. The molecule has 0 nitrogen and oxygen atoms in total. The maximum atomic E-state index is 2.45. The van der Waals surface area contributed by atoms with Crippen LogP contribution in [0.1, 0.15) is 130 Å². The maximum Gasteiger partial charge on any atom is -0.0351 e. The molecule has 1 unspecified atom stereocenters. The Morgan fingerprint density at radius 2 is 1.00 bits per heavy atom. The molecule has 0 spiro atoms. The van der Waals surface area contributed by atoms with Gasteiger partial charge < -0.3 is 0 Å². The lowest BCUT2D eigenvalue weighted by molar-refractivity contribution is 0.386. The summed E-state index contributed by atoms with van der Waals surface area (Å²) in [4.78, 5) is 0. The number of hydrogen-bond donors (Lipinski definition) is 0. The first-order valence-electron chi connectivity index (χ1n) is 11.0. The van der Waals surface area contributed by atoms with Crippen molar-refractivity contribution < 1.29 is 0 Å². The molecule has 0 aliphatic rings. The van der Waals surface area contributed by atoms with E-state index in [-0.39, 0.29) is 0 Å². The van der Waals surface area contributed by atoms with Gasteiger partial charge in [0.15, 0.2) is 0 Å². The average Bonchev–Trinajstić information content (AvgIpc) is 2.56. The molecule has 0 rings (SSSR count). The molecule has 0 N–H and O–H groups in total. The van der Waals surface area contributed by atoms with E-state index in [1.54, 1.807) is 0 Å². The highest BCUT2D eigenvalue weighted by Gasteiger charge is 2.06. The third-order valence-corrected chi connectivity index (χ3v) is 5.04. The standard InChI is InChI=1S/C23H46/c1-4-7-9-11-12-13-14-15-17-19-22-23(20-6-3)21-18-16-10-8-5-2/h14-15,23H,4-13,16-22H2,1-3H3. The van der Waals surface area contributed by atoms with Crippen LogP contribution in [0.25, 0.3) is 0 Å². The number of rotatable bonds is 18. The van der Waals surface area contributed by atoms with Gasteiger partial charge in [0.05, 0.1) is 0 Å². The molecule has 0 saturated carbocycles. The smallest absolute Gasteiger partial charge is 0.0351 e. The number of unbranched alkanes of at least 4 members (excludes halogenated alkanes) is 10. The zero-order valence-corrected chi connectivity index (χ0v) is 16.8. The fourth-order valence-corrected chi connectivity index (χ4v) is 3.50. The molecule has 1 atom stereocenters. The monoisotopic (exact) mass is 322 g/mol. The lowest BCUT2D eigenvalue weighted by Crippen LogP contribution is -2.00. The fraction of sp³-hybridized carbons (Fsp3) is 0.913. The Morgan fingerprint density at radius 3 is 1.61 bits per heavy atom. The molecule has 0 aliphatic heterocycles. The number of allylic oxidation sites excluding steroid dienone is 2. The second-order valence-electron chi connectivity index (χ2n) is 7.46. The molecule has 0 radical (unpaired) electrons. The van der Waals surface area contributed by atoms with Crippen molar-refractivity contribution >= 4 is 0 Å². The summed E-state index contributed by atoms with van der Waals surface area (Å²) in [5.41, 5.74) is 0. The largest absolute Gasteiger partial charge is 0.0885 e. The van der Waals surface area contributed by atoms with E-state index in [1.165, 1.54) is 109 Å². The summed E-state index contributed by atoms with van der Waals surface area (Å²) < 4.78 is 0. The molecule has 0 saturated heterocycles. The summed E-state index contributed by atoms with van der Waals surface area (Å²) in [5.74, 6) is 1.00. The topological polar surface area (TPSA) is 0 Å². The fourth-order valence-electron chi connectivity index (χ4n) is 3.50. The first kappa shape index (κ1) is 22.7. The van der Waals surface area contributed by atoms with Crippen LogP contribution in [0, 0.1) is 5.92 Å². The minimum atomic E-state index is 1.00. The Hall–Kier alpha value is -0.260. The zero-order chi connectivity index (χ0) is 17.0. The Labute approximate surface area is 148 Å². The number of hydrogen-bond acceptors (Lipinski definition) is 0. The van der Waals surface area contributed by atoms with E-state index in [2.05, 4.69) is 32.9 Å². The third-order valence-electron chi connectivity index (χ3n) is 5.04. The summed E-state index contributed by atoms with van der Waals surface area (Å²) in [6.45, 7) is 6.94. The van der Waals surface area contributed by atoms with Gasteiger partial charge in [0.25, 0.3) is 0 Å². The first-order valence-corrected chi connectivity index (χ1v) is 11.0. The van der Waals surface area contributed by atoms with Gasteiger partial charge in [0, 0.05) is 0 Å². The van der Waals surface area contributed by atoms with Gasteiger partial charge in [-0.15, -0.1) is 0 Å². The molecule has 138 valence electrons. The van der Waals surface area contributed by atoms with Crippen LogP contribution in [0.2, 0.25) is 0 Å². The molecule has 0 amide bonds. The van der Waals surface area contributed by atoms with Crippen molar-refractivity contribution in [1.29, 1.82) is 0 Å². The molecular weight excluding hydrogens is 276 g/mol. The second kappa shape index (κ2) is 19.8. The summed E-state index contributed by atoms with van der Waals surface area (Å²) in [6.07, 6.45) is 28.9. The summed E-state index contributed by atoms with van der Waals surface area (Å²) >= 11 is 0. The average molecular weight is 323 g/mol. The lowest BCUT2D eigenvalue weighted by atomic mass is 9.91. The molecule has 23 heavy (non-hydrogen) atoms. The first-order chi connectivity index (χ1) is 11.3. The van der Waals surface area contributed by atoms with Crippen LogP contribution in [0.4, 0.5) is 0 Å². The summed E-state index contributed by atoms with van der Waals surface area (Å²) in [6, 6.07) is 0. The van der Waals surface area contributed by atoms with Gasteiger partial charge in [0.2, 0.25) is 0 Å². The van der Waals surface area contributed by atoms with Crippen molar-refractivity contribution in [2.75, 3.05) is 0 Å². The van der Waals surface area contributed by atoms with Gasteiger partial charge in [-0.05, 0) is 31.6 Å². The van der Waals surface area contributed by atoms with E-state index in [1.807, 2.05) is 0 Å². The van der Waals surface area contributed by atoms with Crippen molar-refractivity contribution in [3.8, 4) is 0 Å². The minimum Gasteiger partial charge on any atom is -0.0885 e. The Morgan fingerprint density at radius 1 is 0.478 bits per heavy atom. The SMILES string of the molecule is CCCCCCCC=CCCCC(CCC)CCCCCCC. The van der Waals surface area contributed by atoms with Gasteiger partial charge in [-0.2, -0.15) is 0 Å². The van der Waals surface area contributed by atoms with E-state index >= 15 is 0 Å². The third kappa shape index (κ3) is 17.9. The predicted octanol–water partition coefficient (Wildman–Crippen LogP) is 8.85. The molecule has 0 heteroatoms. The van der Waals surface area contributed by atoms with E-state index in [9.17, 15) is 0 Å². The Kier molecular flexibility index (Phi) is 19.6. The summed E-state index contributed by atoms with van der Waals surface area (Å²) in [5, 5.41) is 0. The van der Waals surface area contributed by atoms with E-state index < -0.39 is 0 Å². The highest BCUT2D eigenvalue weighted by atomic mass is 14.1. The molecule has 0 fully saturated rings. The Bertz CT molecular complexity index is 228. The minimum absolute atomic E-state index is 1.00. The van der Waals surface area contributed by atoms with Gasteiger partial charge in [-0.3, -0.25) is 0 Å². The van der Waals surface area contributed by atoms with Crippen molar-refractivity contribution in [2.24, 2.45) is 5.92 Å². The van der Waals surface area contributed by atoms with Gasteiger partial charge in [0.1, 0.15) is 0 Å². The predicted molar refractivity (Wildman–Crippen MR) is 108 cm³/mol. The highest BCUT2D eigenvalue weighted by molar-refractivity contribution is 4.81. The lowest BCUT2D eigenvalue weighted by Gasteiger charge is -2.15. The molecule has 0 aromatic carbocycles. The van der Waals surface area contributed by atoms with Crippen LogP contribution in [0.3, 0.4) is 0 Å². The Balaban J connectivity index is 3.51. The molecular formula is C23H46. The van der Waals surface area contributed by atoms with Crippen LogP contribution < -0.4 is 0 Å². The zero-order valence-electron chi connectivity index (χ0n) is 16.8. The van der Waals surface area contributed by atoms with Crippen LogP contribution in [-0.2, 0) is 0 Å². The second-order valence-corrected chi connectivity index (χ2v) is 7.46. The van der Waals surface area contributed by atoms with Crippen molar-refractivity contribution in [2.45, 2.75) is 130 Å². The van der Waals surface area contributed by atoms with Crippen molar-refractivity contribution in [1.82, 2.24) is 0 Å². The quantitative estimate of drug-likeness (QED) is 0.174. The van der Waals surface area contributed by atoms with E-state index in [0.29, 0.717) is 0 Å². The molecule has 0 heterocycles. The summed E-state index contributed by atoms with van der Waals surface area (Å²) in [7, 11) is 0. The normalized spacial score (nSPS) is 13.0. The van der Waals surface area contributed by atoms with E-state index in [4.69, 9.17) is 0 Å². The van der Waals surface area contributed by atoms with E-state index in [0.717, 1.165) is 5.92 Å². The van der Waals surface area contributed by atoms with Gasteiger partial charge >= 0.3 is 0 Å². The molecule has 0 bridgehead atoms. The van der Waals surface area contributed by atoms with Crippen molar-refractivity contribution in [3.63, 3.8) is 0 Å². The van der Waals surface area contributed by atoms with Crippen molar-refractivity contribution in [3.05, 3.63) is 12.2 Å². The van der Waals surface area contributed by atoms with Gasteiger partial charge in [-0.25, -0.2) is 0 Å². The molecule has 0 aliphatic carbocycles. The van der Waals surface area contributed by atoms with Crippen LogP contribution >= 0.6 is 0 Å². The van der Waals surface area contributed by atoms with Crippen LogP contribution in [0.15, 0.2) is 12.2 Å². The molecule has 0 aromatic rings. The van der Waals surface area contributed by atoms with Crippen LogP contribution in [0.5, 0.6) is 0 Å². The highest BCUT2D eigenvalue weighted by Crippen LogP contribution is 2.22.